The molecule has 0 heterocycles. The molecule has 1 rings (SSSR count). The third-order valence-electron chi connectivity index (χ3n) is 3.03. The van der Waals surface area contributed by atoms with E-state index in [1.165, 1.54) is 5.56 Å². The van der Waals surface area contributed by atoms with Crippen molar-refractivity contribution in [2.45, 2.75) is 33.3 Å². The molecule has 15 heavy (non-hydrogen) atoms. The van der Waals surface area contributed by atoms with Crippen molar-refractivity contribution in [2.75, 3.05) is 6.54 Å². The van der Waals surface area contributed by atoms with Crippen LogP contribution in [0.4, 0.5) is 0 Å². The number of aliphatic hydroxyl groups excluding tert-OH is 1. The highest BCUT2D eigenvalue weighted by molar-refractivity contribution is 5.32. The van der Waals surface area contributed by atoms with Gasteiger partial charge in [-0.25, -0.2) is 0 Å². The second-order valence-electron chi connectivity index (χ2n) is 4.21. The molecule has 2 unspecified atom stereocenters. The van der Waals surface area contributed by atoms with E-state index in [4.69, 9.17) is 5.73 Å². The number of aliphatic hydroxyl groups is 1. The summed E-state index contributed by atoms with van der Waals surface area (Å²) in [6, 6.07) is 6.17. The SMILES string of the molecule is CCC(CN)C(O)c1cc(C)ccc1C. The van der Waals surface area contributed by atoms with Crippen molar-refractivity contribution in [3.05, 3.63) is 34.9 Å². The molecule has 0 saturated heterocycles. The zero-order valence-electron chi connectivity index (χ0n) is 9.83. The van der Waals surface area contributed by atoms with Crippen LogP contribution in [0.25, 0.3) is 0 Å². The van der Waals surface area contributed by atoms with Crippen molar-refractivity contribution in [1.82, 2.24) is 0 Å². The molecule has 0 aromatic heterocycles. The first-order chi connectivity index (χ1) is 7.10. The van der Waals surface area contributed by atoms with Crippen molar-refractivity contribution < 1.29 is 5.11 Å². The maximum atomic E-state index is 10.2. The maximum absolute atomic E-state index is 10.2. The smallest absolute Gasteiger partial charge is 0.0832 e. The molecule has 1 aromatic carbocycles. The Kier molecular flexibility index (Phi) is 4.30. The van der Waals surface area contributed by atoms with E-state index < -0.39 is 6.10 Å². The minimum atomic E-state index is -0.431. The van der Waals surface area contributed by atoms with Crippen LogP contribution in [0.3, 0.4) is 0 Å². The van der Waals surface area contributed by atoms with Crippen molar-refractivity contribution in [2.24, 2.45) is 11.7 Å². The molecular formula is C13H21NO. The lowest BCUT2D eigenvalue weighted by Gasteiger charge is -2.22. The van der Waals surface area contributed by atoms with Crippen molar-refractivity contribution in [3.8, 4) is 0 Å². The summed E-state index contributed by atoms with van der Waals surface area (Å²) in [7, 11) is 0. The van der Waals surface area contributed by atoms with Crippen molar-refractivity contribution in [3.63, 3.8) is 0 Å². The highest BCUT2D eigenvalue weighted by Crippen LogP contribution is 2.27. The lowest BCUT2D eigenvalue weighted by Crippen LogP contribution is -2.21. The summed E-state index contributed by atoms with van der Waals surface area (Å²) in [6.45, 7) is 6.66. The van der Waals surface area contributed by atoms with E-state index in [-0.39, 0.29) is 5.92 Å². The van der Waals surface area contributed by atoms with Gasteiger partial charge in [-0.15, -0.1) is 0 Å². The predicted octanol–water partition coefficient (Wildman–Crippen LogP) is 2.32. The second-order valence-corrected chi connectivity index (χ2v) is 4.21. The number of hydrogen-bond donors (Lipinski definition) is 2. The largest absolute Gasteiger partial charge is 0.388 e. The molecule has 0 saturated carbocycles. The van der Waals surface area contributed by atoms with Gasteiger partial charge in [-0.3, -0.25) is 0 Å². The van der Waals surface area contributed by atoms with Crippen molar-refractivity contribution in [1.29, 1.82) is 0 Å². The molecule has 2 nitrogen and oxygen atoms in total. The van der Waals surface area contributed by atoms with E-state index in [0.717, 1.165) is 17.5 Å². The Morgan fingerprint density at radius 1 is 1.33 bits per heavy atom. The molecule has 0 bridgehead atoms. The summed E-state index contributed by atoms with van der Waals surface area (Å²) in [5, 5.41) is 10.2. The Hall–Kier alpha value is -0.860. The van der Waals surface area contributed by atoms with Crippen LogP contribution in [-0.4, -0.2) is 11.7 Å². The van der Waals surface area contributed by atoms with Crippen LogP contribution in [0.5, 0.6) is 0 Å². The van der Waals surface area contributed by atoms with Gasteiger partial charge in [0.15, 0.2) is 0 Å². The molecule has 0 fully saturated rings. The summed E-state index contributed by atoms with van der Waals surface area (Å²) in [5.74, 6) is 0.158. The number of benzene rings is 1. The summed E-state index contributed by atoms with van der Waals surface area (Å²) < 4.78 is 0. The van der Waals surface area contributed by atoms with Gasteiger partial charge in [0.2, 0.25) is 0 Å². The average molecular weight is 207 g/mol. The molecular weight excluding hydrogens is 186 g/mol. The van der Waals surface area contributed by atoms with Crippen LogP contribution in [-0.2, 0) is 0 Å². The Morgan fingerprint density at radius 2 is 2.00 bits per heavy atom. The molecule has 0 aliphatic rings. The number of rotatable bonds is 4. The lowest BCUT2D eigenvalue weighted by molar-refractivity contribution is 0.109. The van der Waals surface area contributed by atoms with Crippen LogP contribution in [0, 0.1) is 19.8 Å². The van der Waals surface area contributed by atoms with E-state index in [9.17, 15) is 5.11 Å². The molecule has 0 radical (unpaired) electrons. The lowest BCUT2D eigenvalue weighted by atomic mass is 9.90. The van der Waals surface area contributed by atoms with Gasteiger partial charge in [0.1, 0.15) is 0 Å². The molecule has 0 amide bonds. The van der Waals surface area contributed by atoms with Gasteiger partial charge in [0.25, 0.3) is 0 Å². The topological polar surface area (TPSA) is 46.2 Å². The monoisotopic (exact) mass is 207 g/mol. The molecule has 0 spiro atoms. The average Bonchev–Trinajstić information content (AvgIpc) is 2.23. The van der Waals surface area contributed by atoms with Gasteiger partial charge in [-0.1, -0.05) is 30.7 Å². The Labute approximate surface area is 92.1 Å². The summed E-state index contributed by atoms with van der Waals surface area (Å²) in [6.07, 6.45) is 0.477. The first-order valence-corrected chi connectivity index (χ1v) is 5.55. The third-order valence-corrected chi connectivity index (χ3v) is 3.03. The molecule has 0 aliphatic carbocycles. The molecule has 0 aliphatic heterocycles. The van der Waals surface area contributed by atoms with Crippen LogP contribution >= 0.6 is 0 Å². The first-order valence-electron chi connectivity index (χ1n) is 5.55. The van der Waals surface area contributed by atoms with Gasteiger partial charge in [-0.05, 0) is 37.9 Å². The van der Waals surface area contributed by atoms with E-state index in [2.05, 4.69) is 25.1 Å². The standard InChI is InChI=1S/C13H21NO/c1-4-11(8-14)13(15)12-7-9(2)5-6-10(12)3/h5-7,11,13,15H,4,8,14H2,1-3H3. The van der Waals surface area contributed by atoms with Gasteiger partial charge in [0, 0.05) is 5.92 Å². The maximum Gasteiger partial charge on any atom is 0.0832 e. The Morgan fingerprint density at radius 3 is 2.53 bits per heavy atom. The summed E-state index contributed by atoms with van der Waals surface area (Å²) in [4.78, 5) is 0. The molecule has 84 valence electrons. The van der Waals surface area contributed by atoms with Crippen LogP contribution in [0.15, 0.2) is 18.2 Å². The highest BCUT2D eigenvalue weighted by Gasteiger charge is 2.19. The number of hydrogen-bond acceptors (Lipinski definition) is 2. The normalized spacial score (nSPS) is 15.0. The van der Waals surface area contributed by atoms with Gasteiger partial charge >= 0.3 is 0 Å². The third kappa shape index (κ3) is 2.80. The number of aryl methyl sites for hydroxylation is 2. The quantitative estimate of drug-likeness (QED) is 0.796. The highest BCUT2D eigenvalue weighted by atomic mass is 16.3. The van der Waals surface area contributed by atoms with Crippen LogP contribution in [0.1, 0.15) is 36.1 Å². The van der Waals surface area contributed by atoms with E-state index >= 15 is 0 Å². The fourth-order valence-corrected chi connectivity index (χ4v) is 1.85. The Bertz CT molecular complexity index is 318. The molecule has 1 aromatic rings. The van der Waals surface area contributed by atoms with Gasteiger partial charge < -0.3 is 10.8 Å². The number of nitrogens with two attached hydrogens (primary N) is 1. The minimum absolute atomic E-state index is 0.158. The summed E-state index contributed by atoms with van der Waals surface area (Å²) >= 11 is 0. The minimum Gasteiger partial charge on any atom is -0.388 e. The predicted molar refractivity (Wildman–Crippen MR) is 63.7 cm³/mol. The van der Waals surface area contributed by atoms with Crippen LogP contribution < -0.4 is 5.73 Å². The fraction of sp³-hybridized carbons (Fsp3) is 0.538. The second kappa shape index (κ2) is 5.29. The van der Waals surface area contributed by atoms with Crippen molar-refractivity contribution >= 4 is 0 Å². The Balaban J connectivity index is 2.98. The zero-order valence-corrected chi connectivity index (χ0v) is 9.83. The van der Waals surface area contributed by atoms with E-state index in [0.29, 0.717) is 6.54 Å². The fourth-order valence-electron chi connectivity index (χ4n) is 1.85. The first kappa shape index (κ1) is 12.2. The van der Waals surface area contributed by atoms with Crippen LogP contribution in [0.2, 0.25) is 0 Å². The van der Waals surface area contributed by atoms with Gasteiger partial charge in [0.05, 0.1) is 6.10 Å². The molecule has 3 N–H and O–H groups in total. The molecule has 2 heteroatoms. The molecule has 2 atom stereocenters. The summed E-state index contributed by atoms with van der Waals surface area (Å²) in [5.41, 5.74) is 8.99. The van der Waals surface area contributed by atoms with Gasteiger partial charge in [-0.2, -0.15) is 0 Å². The zero-order chi connectivity index (χ0) is 11.4. The van der Waals surface area contributed by atoms with E-state index in [1.807, 2.05) is 13.8 Å². The van der Waals surface area contributed by atoms with E-state index in [1.54, 1.807) is 0 Å².